The molecular formula is C6H4Cl2S2. The smallest absolute Gasteiger partial charge is 0.121 e. The highest BCUT2D eigenvalue weighted by molar-refractivity contribution is 8.15. The lowest BCUT2D eigenvalue weighted by Crippen LogP contribution is -2.18. The molecule has 10 heavy (non-hydrogen) atoms. The van der Waals surface area contributed by atoms with Crippen molar-refractivity contribution < 1.29 is 0 Å². The highest BCUT2D eigenvalue weighted by Gasteiger charge is 2.72. The third-order valence-electron chi connectivity index (χ3n) is 2.09. The molecule has 2 heterocycles. The van der Waals surface area contributed by atoms with Gasteiger partial charge in [0.2, 0.25) is 0 Å². The number of hydrogen-bond donors (Lipinski definition) is 0. The average molecular weight is 211 g/mol. The minimum Gasteiger partial charge on any atom is -0.126 e. The molecule has 1 aliphatic carbocycles. The lowest BCUT2D eigenvalue weighted by molar-refractivity contribution is 0.863. The molecule has 4 atom stereocenters. The van der Waals surface area contributed by atoms with E-state index in [9.17, 15) is 0 Å². The summed E-state index contributed by atoms with van der Waals surface area (Å²) in [5.41, 5.74) is 0. The van der Waals surface area contributed by atoms with Crippen molar-refractivity contribution in [3.63, 3.8) is 0 Å². The van der Waals surface area contributed by atoms with Gasteiger partial charge in [-0.05, 0) is 0 Å². The lowest BCUT2D eigenvalue weighted by Gasteiger charge is -2.06. The predicted molar refractivity (Wildman–Crippen MR) is 49.1 cm³/mol. The van der Waals surface area contributed by atoms with Crippen LogP contribution in [0.25, 0.3) is 0 Å². The largest absolute Gasteiger partial charge is 0.126 e. The van der Waals surface area contributed by atoms with Crippen molar-refractivity contribution in [2.45, 2.75) is 18.9 Å². The number of rotatable bonds is 0. The molecule has 0 radical (unpaired) electrons. The first-order valence-electron chi connectivity index (χ1n) is 3.08. The zero-order valence-corrected chi connectivity index (χ0v) is 8.03. The van der Waals surface area contributed by atoms with Gasteiger partial charge in [0, 0.05) is 0 Å². The summed E-state index contributed by atoms with van der Waals surface area (Å²) < 4.78 is -0.126. The maximum Gasteiger partial charge on any atom is 0.121 e. The molecule has 3 aliphatic rings. The lowest BCUT2D eigenvalue weighted by atomic mass is 10.1. The number of halogens is 2. The summed E-state index contributed by atoms with van der Waals surface area (Å²) in [6, 6.07) is 0. The van der Waals surface area contributed by atoms with E-state index in [0.717, 1.165) is 0 Å². The molecule has 4 heteroatoms. The molecule has 4 unspecified atom stereocenters. The predicted octanol–water partition coefficient (Wildman–Crippen LogP) is 2.66. The van der Waals surface area contributed by atoms with Crippen LogP contribution in [0.3, 0.4) is 0 Å². The van der Waals surface area contributed by atoms with Crippen molar-refractivity contribution in [1.82, 2.24) is 0 Å². The second kappa shape index (κ2) is 1.54. The molecule has 0 aromatic carbocycles. The molecule has 0 amide bonds. The highest BCUT2D eigenvalue weighted by Crippen LogP contribution is 2.76. The van der Waals surface area contributed by atoms with Crippen LogP contribution in [-0.4, -0.2) is 18.9 Å². The van der Waals surface area contributed by atoms with Gasteiger partial charge in [-0.3, -0.25) is 0 Å². The number of fused-ring (bicyclic) bond motifs is 3. The van der Waals surface area contributed by atoms with Gasteiger partial charge in [0.1, 0.15) is 8.41 Å². The Morgan fingerprint density at radius 1 is 1.00 bits per heavy atom. The summed E-state index contributed by atoms with van der Waals surface area (Å²) in [4.78, 5) is 0. The van der Waals surface area contributed by atoms with Crippen LogP contribution < -0.4 is 0 Å². The van der Waals surface area contributed by atoms with E-state index >= 15 is 0 Å². The quantitative estimate of drug-likeness (QED) is 0.343. The minimum atomic E-state index is -0.0629. The fourth-order valence-corrected chi connectivity index (χ4v) is 5.00. The van der Waals surface area contributed by atoms with E-state index in [-0.39, 0.29) is 8.41 Å². The second-order valence-electron chi connectivity index (χ2n) is 2.81. The molecule has 0 aromatic rings. The Morgan fingerprint density at radius 2 is 1.40 bits per heavy atom. The highest BCUT2D eigenvalue weighted by atomic mass is 35.5. The summed E-state index contributed by atoms with van der Waals surface area (Å²) in [6.45, 7) is 0. The molecule has 0 spiro atoms. The van der Waals surface area contributed by atoms with Crippen LogP contribution in [0.1, 0.15) is 0 Å². The van der Waals surface area contributed by atoms with Gasteiger partial charge >= 0.3 is 0 Å². The van der Waals surface area contributed by atoms with Gasteiger partial charge in [-0.25, -0.2) is 0 Å². The summed E-state index contributed by atoms with van der Waals surface area (Å²) in [6.07, 6.45) is 4.10. The summed E-state index contributed by atoms with van der Waals surface area (Å²) in [5.74, 6) is 0. The first-order valence-corrected chi connectivity index (χ1v) is 5.59. The van der Waals surface area contributed by atoms with Crippen molar-refractivity contribution in [3.8, 4) is 0 Å². The van der Waals surface area contributed by atoms with Crippen LogP contribution in [0.15, 0.2) is 12.2 Å². The fourth-order valence-electron chi connectivity index (χ4n) is 1.35. The SMILES string of the molecule is ClC12C=CC3(Cl)SC3C1S2. The second-order valence-corrected chi connectivity index (χ2v) is 7.34. The standard InChI is InChI=1S/C6H4Cl2S2/c7-5-1-2-6(8)4(10-6)3(5)9-5/h1-4H. The summed E-state index contributed by atoms with van der Waals surface area (Å²) >= 11 is 15.9. The van der Waals surface area contributed by atoms with Crippen LogP contribution >= 0.6 is 46.7 Å². The molecule has 0 aromatic heterocycles. The Kier molecular flexibility index (Phi) is 1.00. The van der Waals surface area contributed by atoms with Crippen molar-refractivity contribution in [2.24, 2.45) is 0 Å². The number of alkyl halides is 2. The van der Waals surface area contributed by atoms with Gasteiger partial charge in [-0.1, -0.05) is 12.2 Å². The Balaban J connectivity index is 2.04. The molecule has 0 saturated carbocycles. The summed E-state index contributed by atoms with van der Waals surface area (Å²) in [7, 11) is 0. The molecule has 2 saturated heterocycles. The van der Waals surface area contributed by atoms with Crippen molar-refractivity contribution >= 4 is 46.7 Å². The van der Waals surface area contributed by atoms with Crippen molar-refractivity contribution in [1.29, 1.82) is 0 Å². The van der Waals surface area contributed by atoms with Gasteiger partial charge in [0.15, 0.2) is 0 Å². The van der Waals surface area contributed by atoms with Gasteiger partial charge in [0.25, 0.3) is 0 Å². The van der Waals surface area contributed by atoms with Crippen molar-refractivity contribution in [3.05, 3.63) is 12.2 Å². The van der Waals surface area contributed by atoms with Crippen LogP contribution in [0.5, 0.6) is 0 Å². The Bertz CT molecular complexity index is 218. The fraction of sp³-hybridized carbons (Fsp3) is 0.667. The maximum atomic E-state index is 6.13. The third kappa shape index (κ3) is 0.644. The van der Waals surface area contributed by atoms with Gasteiger partial charge in [-0.2, -0.15) is 0 Å². The molecule has 54 valence electrons. The Morgan fingerprint density at radius 3 is 1.80 bits per heavy atom. The van der Waals surface area contributed by atoms with Crippen LogP contribution in [0.4, 0.5) is 0 Å². The number of hydrogen-bond acceptors (Lipinski definition) is 2. The minimum absolute atomic E-state index is 0.0629. The zero-order valence-electron chi connectivity index (χ0n) is 4.88. The molecule has 0 nitrogen and oxygen atoms in total. The third-order valence-corrected chi connectivity index (χ3v) is 6.57. The molecule has 2 fully saturated rings. The molecule has 2 aliphatic heterocycles. The van der Waals surface area contributed by atoms with E-state index in [2.05, 4.69) is 0 Å². The van der Waals surface area contributed by atoms with E-state index in [1.807, 2.05) is 35.7 Å². The Hall–Kier alpha value is 1.02. The monoisotopic (exact) mass is 210 g/mol. The van der Waals surface area contributed by atoms with Gasteiger partial charge < -0.3 is 0 Å². The van der Waals surface area contributed by atoms with E-state index < -0.39 is 0 Å². The van der Waals surface area contributed by atoms with Crippen LogP contribution in [0.2, 0.25) is 0 Å². The Labute approximate surface area is 77.7 Å². The van der Waals surface area contributed by atoms with Gasteiger partial charge in [-0.15, -0.1) is 46.7 Å². The normalized spacial score (nSPS) is 68.6. The number of thioether (sulfide) groups is 2. The first kappa shape index (κ1) is 6.53. The molecule has 3 rings (SSSR count). The van der Waals surface area contributed by atoms with Crippen LogP contribution in [-0.2, 0) is 0 Å². The molecule has 0 N–H and O–H groups in total. The van der Waals surface area contributed by atoms with Gasteiger partial charge in [0.05, 0.1) is 10.5 Å². The van der Waals surface area contributed by atoms with E-state index in [0.29, 0.717) is 10.5 Å². The average Bonchev–Trinajstić information content (AvgIpc) is 2.65. The van der Waals surface area contributed by atoms with E-state index in [4.69, 9.17) is 23.2 Å². The maximum absolute atomic E-state index is 6.13. The molecule has 0 bridgehead atoms. The summed E-state index contributed by atoms with van der Waals surface area (Å²) in [5, 5.41) is 1.17. The topological polar surface area (TPSA) is 0 Å². The van der Waals surface area contributed by atoms with Crippen LogP contribution in [0, 0.1) is 0 Å². The zero-order chi connectivity index (χ0) is 6.98. The van der Waals surface area contributed by atoms with E-state index in [1.54, 1.807) is 0 Å². The van der Waals surface area contributed by atoms with Crippen molar-refractivity contribution in [2.75, 3.05) is 0 Å². The first-order chi connectivity index (χ1) is 4.64. The molecular weight excluding hydrogens is 207 g/mol. The van der Waals surface area contributed by atoms with E-state index in [1.165, 1.54) is 0 Å².